The highest BCUT2D eigenvalue weighted by Gasteiger charge is 2.18. The molecule has 0 aliphatic heterocycles. The van der Waals surface area contributed by atoms with Crippen molar-refractivity contribution in [2.24, 2.45) is 5.10 Å². The maximum absolute atomic E-state index is 11.5. The fourth-order valence-corrected chi connectivity index (χ4v) is 3.37. The fraction of sp³-hybridized carbons (Fsp3) is 0.0556. The summed E-state index contributed by atoms with van der Waals surface area (Å²) < 4.78 is 0. The van der Waals surface area contributed by atoms with Crippen molar-refractivity contribution < 1.29 is 14.8 Å². The van der Waals surface area contributed by atoms with E-state index in [-0.39, 0.29) is 23.4 Å². The van der Waals surface area contributed by atoms with Gasteiger partial charge in [-0.05, 0) is 12.1 Å². The Bertz CT molecular complexity index is 1120. The van der Waals surface area contributed by atoms with Gasteiger partial charge in [-0.3, -0.25) is 15.5 Å². The van der Waals surface area contributed by atoms with Gasteiger partial charge in [0.05, 0.1) is 20.7 Å². The average molecular weight is 451 g/mol. The number of carboxylic acids is 1. The van der Waals surface area contributed by atoms with Crippen molar-refractivity contribution in [3.63, 3.8) is 0 Å². The van der Waals surface area contributed by atoms with E-state index in [0.29, 0.717) is 20.9 Å². The zero-order valence-electron chi connectivity index (χ0n) is 14.5. The Morgan fingerprint density at radius 3 is 2.69 bits per heavy atom. The molecule has 2 aromatic carbocycles. The summed E-state index contributed by atoms with van der Waals surface area (Å²) in [5, 5.41) is 27.3. The number of hydrogen-bond donors (Lipinski definition) is 2. The van der Waals surface area contributed by atoms with Crippen molar-refractivity contribution in [1.29, 1.82) is 0 Å². The summed E-state index contributed by atoms with van der Waals surface area (Å²) in [4.78, 5) is 26.4. The number of hydrazone groups is 1. The molecule has 2 N–H and O–H groups in total. The highest BCUT2D eigenvalue weighted by Crippen LogP contribution is 2.30. The molecule has 0 amide bonds. The van der Waals surface area contributed by atoms with Gasteiger partial charge in [0.1, 0.15) is 5.71 Å². The standard InChI is InChI=1S/C18H12Cl2N4O4S/c19-12-6-5-10(7-13(12)20)15-9-29-18(21-15)23-22-14(17(25)26)8-11-3-1-2-4-16(11)24(27)28/h1-7,9H,8H2,(H,21,23)(H,25,26)/b22-14+. The third kappa shape index (κ3) is 5.08. The predicted octanol–water partition coefficient (Wildman–Crippen LogP) is 5.12. The van der Waals surface area contributed by atoms with Crippen LogP contribution in [0.4, 0.5) is 10.8 Å². The van der Waals surface area contributed by atoms with Crippen LogP contribution in [0.5, 0.6) is 0 Å². The minimum Gasteiger partial charge on any atom is -0.477 e. The quantitative estimate of drug-likeness (QED) is 0.293. The zero-order valence-corrected chi connectivity index (χ0v) is 16.8. The van der Waals surface area contributed by atoms with E-state index in [1.807, 2.05) is 0 Å². The lowest BCUT2D eigenvalue weighted by molar-refractivity contribution is -0.385. The molecular weight excluding hydrogens is 439 g/mol. The molecule has 1 heterocycles. The Morgan fingerprint density at radius 2 is 2.00 bits per heavy atom. The molecule has 0 bridgehead atoms. The maximum Gasteiger partial charge on any atom is 0.352 e. The number of anilines is 1. The molecule has 0 fully saturated rings. The van der Waals surface area contributed by atoms with E-state index in [9.17, 15) is 20.0 Å². The van der Waals surface area contributed by atoms with Crippen LogP contribution in [-0.2, 0) is 11.2 Å². The first kappa shape index (κ1) is 20.7. The van der Waals surface area contributed by atoms with E-state index < -0.39 is 10.9 Å². The van der Waals surface area contributed by atoms with Gasteiger partial charge in [-0.2, -0.15) is 5.10 Å². The number of carboxylic acid groups (broad SMARTS) is 1. The zero-order chi connectivity index (χ0) is 21.0. The van der Waals surface area contributed by atoms with Crippen LogP contribution in [0.1, 0.15) is 5.56 Å². The largest absolute Gasteiger partial charge is 0.477 e. The van der Waals surface area contributed by atoms with Gasteiger partial charge < -0.3 is 5.11 Å². The molecule has 148 valence electrons. The number of nitrogens with zero attached hydrogens (tertiary/aromatic N) is 3. The number of rotatable bonds is 7. The summed E-state index contributed by atoms with van der Waals surface area (Å²) in [6.45, 7) is 0. The van der Waals surface area contributed by atoms with Crippen molar-refractivity contribution in [2.45, 2.75) is 6.42 Å². The van der Waals surface area contributed by atoms with E-state index in [0.717, 1.165) is 5.56 Å². The van der Waals surface area contributed by atoms with Crippen LogP contribution in [0.2, 0.25) is 10.0 Å². The van der Waals surface area contributed by atoms with Gasteiger partial charge >= 0.3 is 5.97 Å². The van der Waals surface area contributed by atoms with Gasteiger partial charge in [0.15, 0.2) is 0 Å². The monoisotopic (exact) mass is 450 g/mol. The average Bonchev–Trinajstić information content (AvgIpc) is 3.16. The molecule has 0 aliphatic rings. The Labute approximate surface area is 178 Å². The summed E-state index contributed by atoms with van der Waals surface area (Å²) in [6, 6.07) is 11.0. The molecule has 3 aromatic rings. The molecule has 11 heteroatoms. The van der Waals surface area contributed by atoms with Crippen molar-refractivity contribution >= 4 is 57.0 Å². The summed E-state index contributed by atoms with van der Waals surface area (Å²) in [6.07, 6.45) is -0.218. The molecular formula is C18H12Cl2N4O4S. The van der Waals surface area contributed by atoms with Crippen molar-refractivity contribution in [1.82, 2.24) is 4.98 Å². The molecule has 0 radical (unpaired) electrons. The van der Waals surface area contributed by atoms with Gasteiger partial charge in [0.25, 0.3) is 5.69 Å². The number of aromatic nitrogens is 1. The van der Waals surface area contributed by atoms with Crippen molar-refractivity contribution in [3.05, 3.63) is 73.6 Å². The van der Waals surface area contributed by atoms with Crippen LogP contribution in [0, 0.1) is 10.1 Å². The Morgan fingerprint density at radius 1 is 1.24 bits per heavy atom. The second-order valence-electron chi connectivity index (χ2n) is 5.70. The van der Waals surface area contributed by atoms with Crippen LogP contribution in [0.25, 0.3) is 11.3 Å². The molecule has 0 aliphatic carbocycles. The first-order valence-corrected chi connectivity index (χ1v) is 9.68. The lowest BCUT2D eigenvalue weighted by Crippen LogP contribution is -2.18. The Kier molecular flexibility index (Phi) is 6.42. The van der Waals surface area contributed by atoms with Crippen LogP contribution in [0.15, 0.2) is 52.9 Å². The summed E-state index contributed by atoms with van der Waals surface area (Å²) in [7, 11) is 0. The molecule has 0 unspecified atom stereocenters. The highest BCUT2D eigenvalue weighted by molar-refractivity contribution is 7.14. The number of nitro benzene ring substituents is 1. The number of hydrogen-bond acceptors (Lipinski definition) is 7. The number of aliphatic carboxylic acids is 1. The molecule has 0 spiro atoms. The molecule has 1 aromatic heterocycles. The van der Waals surface area contributed by atoms with Crippen molar-refractivity contribution in [2.75, 3.05) is 5.43 Å². The summed E-state index contributed by atoms with van der Waals surface area (Å²) >= 11 is 13.1. The van der Waals surface area contributed by atoms with Crippen LogP contribution < -0.4 is 5.43 Å². The van der Waals surface area contributed by atoms with Crippen LogP contribution >= 0.6 is 34.5 Å². The van der Waals surface area contributed by atoms with Gasteiger partial charge in [-0.1, -0.05) is 47.5 Å². The van der Waals surface area contributed by atoms with E-state index in [1.54, 1.807) is 29.6 Å². The Balaban J connectivity index is 1.80. The second kappa shape index (κ2) is 8.99. The minimum atomic E-state index is -1.29. The highest BCUT2D eigenvalue weighted by atomic mass is 35.5. The van der Waals surface area contributed by atoms with Crippen LogP contribution in [-0.4, -0.2) is 26.7 Å². The normalized spacial score (nSPS) is 11.3. The molecule has 8 nitrogen and oxygen atoms in total. The molecule has 0 atom stereocenters. The number of thiazole rings is 1. The minimum absolute atomic E-state index is 0.169. The van der Waals surface area contributed by atoms with Crippen LogP contribution in [0.3, 0.4) is 0 Å². The van der Waals surface area contributed by atoms with E-state index in [4.69, 9.17) is 23.2 Å². The Hall–Kier alpha value is -3.01. The molecule has 0 saturated carbocycles. The number of para-hydroxylation sites is 1. The number of nitro groups is 1. The van der Waals surface area contributed by atoms with Gasteiger partial charge in [-0.25, -0.2) is 9.78 Å². The third-order valence-electron chi connectivity index (χ3n) is 3.80. The predicted molar refractivity (Wildman–Crippen MR) is 113 cm³/mol. The first-order valence-electron chi connectivity index (χ1n) is 8.04. The van der Waals surface area contributed by atoms with Gasteiger partial charge in [0, 0.05) is 29.0 Å². The van der Waals surface area contributed by atoms with Gasteiger partial charge in [0.2, 0.25) is 5.13 Å². The number of benzene rings is 2. The number of carbonyl (C=O) groups is 1. The van der Waals surface area contributed by atoms with Gasteiger partial charge in [-0.15, -0.1) is 11.3 Å². The van der Waals surface area contributed by atoms with E-state index >= 15 is 0 Å². The maximum atomic E-state index is 11.5. The van der Waals surface area contributed by atoms with E-state index in [2.05, 4.69) is 15.5 Å². The topological polar surface area (TPSA) is 118 Å². The molecule has 0 saturated heterocycles. The third-order valence-corrected chi connectivity index (χ3v) is 5.29. The first-order chi connectivity index (χ1) is 13.8. The number of nitrogens with one attached hydrogen (secondary N) is 1. The smallest absolute Gasteiger partial charge is 0.352 e. The lowest BCUT2D eigenvalue weighted by Gasteiger charge is -2.04. The SMILES string of the molecule is O=C(O)/C(Cc1ccccc1[N+](=O)[O-])=N/Nc1nc(-c2ccc(Cl)c(Cl)c2)cs1. The second-order valence-corrected chi connectivity index (χ2v) is 7.38. The van der Waals surface area contributed by atoms with E-state index in [1.165, 1.54) is 29.5 Å². The lowest BCUT2D eigenvalue weighted by atomic mass is 10.1. The van der Waals surface area contributed by atoms with Crippen molar-refractivity contribution in [3.8, 4) is 11.3 Å². The fourth-order valence-electron chi connectivity index (χ4n) is 2.41. The number of halogens is 2. The summed E-state index contributed by atoms with van der Waals surface area (Å²) in [5.74, 6) is -1.29. The molecule has 29 heavy (non-hydrogen) atoms. The molecule has 3 rings (SSSR count). The summed E-state index contributed by atoms with van der Waals surface area (Å²) in [5.41, 5.74) is 3.74.